The van der Waals surface area contributed by atoms with Gasteiger partial charge in [-0.15, -0.1) is 0 Å². The SMILES string of the molecule is CCCN(CCC)C(=O)CCc1cccn1C. The predicted octanol–water partition coefficient (Wildman–Crippen LogP) is 2.61. The summed E-state index contributed by atoms with van der Waals surface area (Å²) in [4.78, 5) is 14.0. The zero-order chi connectivity index (χ0) is 12.7. The van der Waals surface area contributed by atoms with Crippen molar-refractivity contribution in [3.05, 3.63) is 24.0 Å². The standard InChI is InChI=1S/C14H24N2O/c1-4-10-16(11-5-2)14(17)9-8-13-7-6-12-15(13)3/h6-7,12H,4-5,8-11H2,1-3H3. The van der Waals surface area contributed by atoms with Gasteiger partial charge in [0.15, 0.2) is 0 Å². The zero-order valence-electron chi connectivity index (χ0n) is 11.3. The lowest BCUT2D eigenvalue weighted by molar-refractivity contribution is -0.131. The van der Waals surface area contributed by atoms with Crippen molar-refractivity contribution in [3.8, 4) is 0 Å². The molecule has 1 heterocycles. The normalized spacial score (nSPS) is 10.5. The first-order chi connectivity index (χ1) is 8.19. The molecule has 0 aromatic carbocycles. The van der Waals surface area contributed by atoms with Crippen LogP contribution in [0, 0.1) is 0 Å². The van der Waals surface area contributed by atoms with E-state index in [1.165, 1.54) is 5.69 Å². The summed E-state index contributed by atoms with van der Waals surface area (Å²) in [5.74, 6) is 0.287. The van der Waals surface area contributed by atoms with Crippen molar-refractivity contribution < 1.29 is 4.79 Å². The van der Waals surface area contributed by atoms with Gasteiger partial charge in [-0.1, -0.05) is 13.8 Å². The number of rotatable bonds is 7. The largest absolute Gasteiger partial charge is 0.354 e. The lowest BCUT2D eigenvalue weighted by atomic mass is 10.2. The monoisotopic (exact) mass is 236 g/mol. The molecule has 0 bridgehead atoms. The number of aryl methyl sites for hydroxylation is 2. The van der Waals surface area contributed by atoms with Gasteiger partial charge in [0.25, 0.3) is 0 Å². The Morgan fingerprint density at radius 3 is 2.41 bits per heavy atom. The van der Waals surface area contributed by atoms with Crippen LogP contribution in [0.2, 0.25) is 0 Å². The fraction of sp³-hybridized carbons (Fsp3) is 0.643. The van der Waals surface area contributed by atoms with Crippen molar-refractivity contribution in [2.24, 2.45) is 7.05 Å². The lowest BCUT2D eigenvalue weighted by Crippen LogP contribution is -2.32. The molecule has 0 saturated carbocycles. The van der Waals surface area contributed by atoms with E-state index in [9.17, 15) is 4.79 Å². The van der Waals surface area contributed by atoms with Gasteiger partial charge < -0.3 is 9.47 Å². The fourth-order valence-electron chi connectivity index (χ4n) is 2.05. The van der Waals surface area contributed by atoms with Crippen LogP contribution in [0.15, 0.2) is 18.3 Å². The number of amides is 1. The van der Waals surface area contributed by atoms with E-state index in [1.807, 2.05) is 24.2 Å². The second kappa shape index (κ2) is 7.15. The summed E-state index contributed by atoms with van der Waals surface area (Å²) in [5.41, 5.74) is 1.23. The Morgan fingerprint density at radius 2 is 1.94 bits per heavy atom. The van der Waals surface area contributed by atoms with Crippen molar-refractivity contribution in [1.29, 1.82) is 0 Å². The maximum atomic E-state index is 12.0. The van der Waals surface area contributed by atoms with Crippen molar-refractivity contribution in [1.82, 2.24) is 9.47 Å². The third kappa shape index (κ3) is 4.25. The number of nitrogens with zero attached hydrogens (tertiary/aromatic N) is 2. The third-order valence-electron chi connectivity index (χ3n) is 2.99. The van der Waals surface area contributed by atoms with Crippen molar-refractivity contribution >= 4 is 5.91 Å². The van der Waals surface area contributed by atoms with E-state index >= 15 is 0 Å². The molecule has 1 rings (SSSR count). The van der Waals surface area contributed by atoms with Crippen LogP contribution in [0.3, 0.4) is 0 Å². The highest BCUT2D eigenvalue weighted by atomic mass is 16.2. The van der Waals surface area contributed by atoms with Crippen LogP contribution in [0.1, 0.15) is 38.8 Å². The van der Waals surface area contributed by atoms with Crippen LogP contribution in [-0.4, -0.2) is 28.5 Å². The fourth-order valence-corrected chi connectivity index (χ4v) is 2.05. The third-order valence-corrected chi connectivity index (χ3v) is 2.99. The summed E-state index contributed by atoms with van der Waals surface area (Å²) < 4.78 is 2.08. The maximum absolute atomic E-state index is 12.0. The first-order valence-electron chi connectivity index (χ1n) is 6.57. The Kier molecular flexibility index (Phi) is 5.81. The van der Waals surface area contributed by atoms with Crippen LogP contribution in [0.4, 0.5) is 0 Å². The lowest BCUT2D eigenvalue weighted by Gasteiger charge is -2.21. The molecule has 3 heteroatoms. The highest BCUT2D eigenvalue weighted by Crippen LogP contribution is 2.06. The molecule has 1 amide bonds. The second-order valence-corrected chi connectivity index (χ2v) is 4.49. The minimum absolute atomic E-state index is 0.287. The van der Waals surface area contributed by atoms with Gasteiger partial charge in [-0.2, -0.15) is 0 Å². The zero-order valence-corrected chi connectivity index (χ0v) is 11.3. The topological polar surface area (TPSA) is 25.2 Å². The number of carbonyl (C=O) groups excluding carboxylic acids is 1. The summed E-state index contributed by atoms with van der Waals surface area (Å²) in [6, 6.07) is 4.10. The van der Waals surface area contributed by atoms with Crippen LogP contribution < -0.4 is 0 Å². The van der Waals surface area contributed by atoms with E-state index < -0.39 is 0 Å². The molecule has 0 radical (unpaired) electrons. The number of aromatic nitrogens is 1. The number of hydrogen-bond donors (Lipinski definition) is 0. The molecule has 0 saturated heterocycles. The molecule has 0 spiro atoms. The first kappa shape index (κ1) is 13.8. The second-order valence-electron chi connectivity index (χ2n) is 4.49. The van der Waals surface area contributed by atoms with Gasteiger partial charge in [-0.25, -0.2) is 0 Å². The van der Waals surface area contributed by atoms with E-state index in [0.717, 1.165) is 32.4 Å². The van der Waals surface area contributed by atoms with Gasteiger partial charge in [-0.05, 0) is 31.4 Å². The molecule has 0 aliphatic heterocycles. The van der Waals surface area contributed by atoms with Crippen LogP contribution in [-0.2, 0) is 18.3 Å². The van der Waals surface area contributed by atoms with Gasteiger partial charge in [0, 0.05) is 38.4 Å². The molecule has 96 valence electrons. The molecular weight excluding hydrogens is 212 g/mol. The molecule has 3 nitrogen and oxygen atoms in total. The van der Waals surface area contributed by atoms with E-state index in [0.29, 0.717) is 6.42 Å². The van der Waals surface area contributed by atoms with Gasteiger partial charge >= 0.3 is 0 Å². The van der Waals surface area contributed by atoms with E-state index in [2.05, 4.69) is 24.5 Å². The van der Waals surface area contributed by atoms with Crippen molar-refractivity contribution in [2.75, 3.05) is 13.1 Å². The van der Waals surface area contributed by atoms with Gasteiger partial charge in [-0.3, -0.25) is 4.79 Å². The molecule has 0 fully saturated rings. The van der Waals surface area contributed by atoms with Gasteiger partial charge in [0.2, 0.25) is 5.91 Å². The molecule has 0 aliphatic rings. The van der Waals surface area contributed by atoms with Crippen LogP contribution in [0.5, 0.6) is 0 Å². The average Bonchev–Trinajstić information content (AvgIpc) is 2.71. The average molecular weight is 236 g/mol. The summed E-state index contributed by atoms with van der Waals surface area (Å²) in [6.07, 6.45) is 5.56. The summed E-state index contributed by atoms with van der Waals surface area (Å²) >= 11 is 0. The van der Waals surface area contributed by atoms with Gasteiger partial charge in [0.1, 0.15) is 0 Å². The van der Waals surface area contributed by atoms with Crippen molar-refractivity contribution in [2.45, 2.75) is 39.5 Å². The Labute approximate surface area is 104 Å². The van der Waals surface area contributed by atoms with E-state index in [4.69, 9.17) is 0 Å². The minimum Gasteiger partial charge on any atom is -0.354 e. The molecule has 0 atom stereocenters. The van der Waals surface area contributed by atoms with Crippen LogP contribution in [0.25, 0.3) is 0 Å². The summed E-state index contributed by atoms with van der Waals surface area (Å²) in [6.45, 7) is 6.01. The molecule has 0 aliphatic carbocycles. The van der Waals surface area contributed by atoms with Crippen LogP contribution >= 0.6 is 0 Å². The summed E-state index contributed by atoms with van der Waals surface area (Å²) in [7, 11) is 2.02. The quantitative estimate of drug-likeness (QED) is 0.714. The minimum atomic E-state index is 0.287. The molecule has 1 aromatic heterocycles. The highest BCUT2D eigenvalue weighted by Gasteiger charge is 2.11. The van der Waals surface area contributed by atoms with Crippen molar-refractivity contribution in [3.63, 3.8) is 0 Å². The smallest absolute Gasteiger partial charge is 0.222 e. The molecule has 17 heavy (non-hydrogen) atoms. The summed E-state index contributed by atoms with van der Waals surface area (Å²) in [5, 5.41) is 0. The van der Waals surface area contributed by atoms with E-state index in [-0.39, 0.29) is 5.91 Å². The Hall–Kier alpha value is -1.25. The molecule has 0 unspecified atom stereocenters. The Balaban J connectivity index is 2.44. The predicted molar refractivity (Wildman–Crippen MR) is 70.9 cm³/mol. The first-order valence-corrected chi connectivity index (χ1v) is 6.57. The molecular formula is C14H24N2O. The molecule has 1 aromatic rings. The number of carbonyl (C=O) groups is 1. The Bertz CT molecular complexity index is 338. The van der Waals surface area contributed by atoms with E-state index in [1.54, 1.807) is 0 Å². The number of hydrogen-bond acceptors (Lipinski definition) is 1. The maximum Gasteiger partial charge on any atom is 0.222 e. The van der Waals surface area contributed by atoms with Gasteiger partial charge in [0.05, 0.1) is 0 Å². The highest BCUT2D eigenvalue weighted by molar-refractivity contribution is 5.76. The molecule has 0 N–H and O–H groups in total. The Morgan fingerprint density at radius 1 is 1.29 bits per heavy atom.